The van der Waals surface area contributed by atoms with E-state index in [0.717, 1.165) is 11.3 Å². The SMILES string of the molecule is O=c1c2cnn(-c3cccc(Cl)c3)c2ncn1Cc1ccccc1. The summed E-state index contributed by atoms with van der Waals surface area (Å²) >= 11 is 6.03. The predicted octanol–water partition coefficient (Wildman–Crippen LogP) is 3.28. The smallest absolute Gasteiger partial charge is 0.264 e. The second-order valence-corrected chi connectivity index (χ2v) is 5.87. The van der Waals surface area contributed by atoms with Gasteiger partial charge in [-0.1, -0.05) is 48.0 Å². The van der Waals surface area contributed by atoms with E-state index in [1.807, 2.05) is 42.5 Å². The predicted molar refractivity (Wildman–Crippen MR) is 93.7 cm³/mol. The molecule has 0 saturated heterocycles. The van der Waals surface area contributed by atoms with Gasteiger partial charge in [-0.25, -0.2) is 9.67 Å². The lowest BCUT2D eigenvalue weighted by molar-refractivity contribution is 0.745. The van der Waals surface area contributed by atoms with Crippen molar-refractivity contribution in [2.45, 2.75) is 6.54 Å². The number of nitrogens with zero attached hydrogens (tertiary/aromatic N) is 4. The molecule has 0 atom stereocenters. The van der Waals surface area contributed by atoms with Gasteiger partial charge in [0, 0.05) is 5.02 Å². The molecule has 0 bridgehead atoms. The van der Waals surface area contributed by atoms with Crippen molar-refractivity contribution in [3.63, 3.8) is 0 Å². The lowest BCUT2D eigenvalue weighted by atomic mass is 10.2. The number of hydrogen-bond donors (Lipinski definition) is 0. The Bertz CT molecular complexity index is 1070. The minimum atomic E-state index is -0.114. The Hall–Kier alpha value is -2.92. The van der Waals surface area contributed by atoms with Gasteiger partial charge in [0.2, 0.25) is 0 Å². The summed E-state index contributed by atoms with van der Waals surface area (Å²) in [5, 5.41) is 5.38. The molecule has 4 aromatic rings. The Morgan fingerprint density at radius 1 is 1.04 bits per heavy atom. The molecule has 2 aromatic carbocycles. The number of benzene rings is 2. The van der Waals surface area contributed by atoms with Crippen LogP contribution in [0, 0.1) is 0 Å². The summed E-state index contributed by atoms with van der Waals surface area (Å²) in [5.74, 6) is 0. The van der Waals surface area contributed by atoms with Crippen molar-refractivity contribution in [2.24, 2.45) is 0 Å². The van der Waals surface area contributed by atoms with Crippen LogP contribution in [0.25, 0.3) is 16.7 Å². The fraction of sp³-hybridized carbons (Fsp3) is 0.0556. The largest absolute Gasteiger partial charge is 0.294 e. The molecule has 0 fully saturated rings. The van der Waals surface area contributed by atoms with E-state index >= 15 is 0 Å². The first-order valence-corrected chi connectivity index (χ1v) is 7.83. The third kappa shape index (κ3) is 2.59. The van der Waals surface area contributed by atoms with Crippen LogP contribution < -0.4 is 5.56 Å². The molecule has 0 radical (unpaired) electrons. The van der Waals surface area contributed by atoms with Crippen LogP contribution in [0.2, 0.25) is 5.02 Å². The van der Waals surface area contributed by atoms with Gasteiger partial charge in [-0.3, -0.25) is 9.36 Å². The lowest BCUT2D eigenvalue weighted by Gasteiger charge is -2.06. The van der Waals surface area contributed by atoms with Gasteiger partial charge in [-0.2, -0.15) is 5.10 Å². The molecular formula is C18H13ClN4O. The number of aromatic nitrogens is 4. The highest BCUT2D eigenvalue weighted by atomic mass is 35.5. The molecule has 24 heavy (non-hydrogen) atoms. The summed E-state index contributed by atoms with van der Waals surface area (Å²) in [4.78, 5) is 17.1. The van der Waals surface area contributed by atoms with Crippen molar-refractivity contribution in [3.8, 4) is 5.69 Å². The highest BCUT2D eigenvalue weighted by Gasteiger charge is 2.11. The van der Waals surface area contributed by atoms with Crippen molar-refractivity contribution in [1.82, 2.24) is 19.3 Å². The van der Waals surface area contributed by atoms with Gasteiger partial charge in [0.05, 0.1) is 18.4 Å². The van der Waals surface area contributed by atoms with Gasteiger partial charge in [-0.15, -0.1) is 0 Å². The number of fused-ring (bicyclic) bond motifs is 1. The Balaban J connectivity index is 1.80. The van der Waals surface area contributed by atoms with E-state index in [1.54, 1.807) is 33.9 Å². The van der Waals surface area contributed by atoms with E-state index < -0.39 is 0 Å². The first-order chi connectivity index (χ1) is 11.7. The summed E-state index contributed by atoms with van der Waals surface area (Å²) in [6.45, 7) is 0.477. The Morgan fingerprint density at radius 3 is 2.67 bits per heavy atom. The molecule has 0 aliphatic rings. The minimum Gasteiger partial charge on any atom is -0.294 e. The zero-order chi connectivity index (χ0) is 16.5. The number of rotatable bonds is 3. The maximum atomic E-state index is 12.7. The number of hydrogen-bond acceptors (Lipinski definition) is 3. The lowest BCUT2D eigenvalue weighted by Crippen LogP contribution is -2.21. The van der Waals surface area contributed by atoms with Gasteiger partial charge in [0.15, 0.2) is 5.65 Å². The first-order valence-electron chi connectivity index (χ1n) is 7.45. The third-order valence-corrected chi connectivity index (χ3v) is 4.04. The summed E-state index contributed by atoms with van der Waals surface area (Å²) < 4.78 is 3.21. The molecule has 0 N–H and O–H groups in total. The highest BCUT2D eigenvalue weighted by Crippen LogP contribution is 2.17. The van der Waals surface area contributed by atoms with Crippen molar-refractivity contribution < 1.29 is 0 Å². The Labute approximate surface area is 142 Å². The van der Waals surface area contributed by atoms with Crippen LogP contribution in [0.4, 0.5) is 0 Å². The first kappa shape index (κ1) is 14.7. The van der Waals surface area contributed by atoms with Crippen molar-refractivity contribution in [3.05, 3.63) is 88.1 Å². The topological polar surface area (TPSA) is 52.7 Å². The normalized spacial score (nSPS) is 11.0. The molecule has 0 aliphatic carbocycles. The second-order valence-electron chi connectivity index (χ2n) is 5.44. The molecular weight excluding hydrogens is 324 g/mol. The molecule has 0 spiro atoms. The molecule has 2 heterocycles. The van der Waals surface area contributed by atoms with Gasteiger partial charge >= 0.3 is 0 Å². The van der Waals surface area contributed by atoms with Crippen molar-refractivity contribution in [2.75, 3.05) is 0 Å². The van der Waals surface area contributed by atoms with Crippen LogP contribution in [0.3, 0.4) is 0 Å². The summed E-state index contributed by atoms with van der Waals surface area (Å²) in [6.07, 6.45) is 3.10. The van der Waals surface area contributed by atoms with E-state index in [4.69, 9.17) is 11.6 Å². The van der Waals surface area contributed by atoms with Crippen LogP contribution in [0.1, 0.15) is 5.56 Å². The van der Waals surface area contributed by atoms with Gasteiger partial charge in [0.1, 0.15) is 11.7 Å². The number of halogens is 1. The fourth-order valence-corrected chi connectivity index (χ4v) is 2.82. The molecule has 0 aliphatic heterocycles. The average molecular weight is 337 g/mol. The van der Waals surface area contributed by atoms with Crippen molar-refractivity contribution >= 4 is 22.6 Å². The van der Waals surface area contributed by atoms with Crippen LogP contribution in [-0.4, -0.2) is 19.3 Å². The molecule has 2 aromatic heterocycles. The molecule has 5 nitrogen and oxygen atoms in total. The monoisotopic (exact) mass is 336 g/mol. The van der Waals surface area contributed by atoms with Crippen LogP contribution in [0.5, 0.6) is 0 Å². The van der Waals surface area contributed by atoms with Gasteiger partial charge in [-0.05, 0) is 23.8 Å². The summed E-state index contributed by atoms with van der Waals surface area (Å²) in [5.41, 5.74) is 2.22. The summed E-state index contributed by atoms with van der Waals surface area (Å²) in [7, 11) is 0. The van der Waals surface area contributed by atoms with Crippen LogP contribution >= 0.6 is 11.6 Å². The fourth-order valence-electron chi connectivity index (χ4n) is 2.64. The quantitative estimate of drug-likeness (QED) is 0.577. The molecule has 0 saturated carbocycles. The van der Waals surface area contributed by atoms with E-state index in [2.05, 4.69) is 10.1 Å². The Morgan fingerprint density at radius 2 is 1.88 bits per heavy atom. The maximum Gasteiger partial charge on any atom is 0.264 e. The van der Waals surface area contributed by atoms with E-state index in [9.17, 15) is 4.79 Å². The maximum absolute atomic E-state index is 12.7. The average Bonchev–Trinajstić information content (AvgIpc) is 3.03. The zero-order valence-corrected chi connectivity index (χ0v) is 13.4. The van der Waals surface area contributed by atoms with Crippen molar-refractivity contribution in [1.29, 1.82) is 0 Å². The van der Waals surface area contributed by atoms with E-state index in [0.29, 0.717) is 22.6 Å². The molecule has 118 valence electrons. The van der Waals surface area contributed by atoms with E-state index in [1.165, 1.54) is 0 Å². The van der Waals surface area contributed by atoms with E-state index in [-0.39, 0.29) is 5.56 Å². The van der Waals surface area contributed by atoms with Crippen LogP contribution in [-0.2, 0) is 6.54 Å². The standard InChI is InChI=1S/C18H13ClN4O/c19-14-7-4-8-15(9-14)23-17-16(10-21-23)18(24)22(12-20-17)11-13-5-2-1-3-6-13/h1-10,12H,11H2. The van der Waals surface area contributed by atoms with Crippen LogP contribution in [0.15, 0.2) is 71.9 Å². The third-order valence-electron chi connectivity index (χ3n) is 3.80. The van der Waals surface area contributed by atoms with Gasteiger partial charge < -0.3 is 0 Å². The molecule has 0 unspecified atom stereocenters. The molecule has 4 rings (SSSR count). The highest BCUT2D eigenvalue weighted by molar-refractivity contribution is 6.30. The minimum absolute atomic E-state index is 0.114. The second kappa shape index (κ2) is 5.94. The molecule has 6 heteroatoms. The summed E-state index contributed by atoms with van der Waals surface area (Å²) in [6, 6.07) is 17.1. The Kier molecular flexibility index (Phi) is 3.63. The van der Waals surface area contributed by atoms with Gasteiger partial charge in [0.25, 0.3) is 5.56 Å². The molecule has 0 amide bonds. The zero-order valence-electron chi connectivity index (χ0n) is 12.6.